The molecule has 2 aromatic rings. The summed E-state index contributed by atoms with van der Waals surface area (Å²) in [6.45, 7) is 8.77. The number of benzene rings is 2. The lowest BCUT2D eigenvalue weighted by atomic mass is 9.95. The van der Waals surface area contributed by atoms with Gasteiger partial charge in [-0.05, 0) is 44.2 Å². The van der Waals surface area contributed by atoms with Crippen LogP contribution in [0.3, 0.4) is 0 Å². The fourth-order valence-corrected chi connectivity index (χ4v) is 4.38. The van der Waals surface area contributed by atoms with Gasteiger partial charge in [-0.3, -0.25) is 13.9 Å². The number of methoxy groups -OCH3 is 1. The molecule has 0 saturated heterocycles. The Labute approximate surface area is 190 Å². The molecule has 2 rings (SSSR count). The van der Waals surface area contributed by atoms with Crippen LogP contribution in [0.15, 0.2) is 53.4 Å². The number of nitrogens with one attached hydrogen (secondary N) is 2. The van der Waals surface area contributed by atoms with E-state index in [1.54, 1.807) is 58.9 Å². The summed E-state index contributed by atoms with van der Waals surface area (Å²) in [4.78, 5) is 24.9. The molecule has 0 saturated carbocycles. The van der Waals surface area contributed by atoms with E-state index in [9.17, 15) is 18.0 Å². The van der Waals surface area contributed by atoms with E-state index in [1.165, 1.54) is 29.6 Å². The summed E-state index contributed by atoms with van der Waals surface area (Å²) < 4.78 is 33.2. The molecule has 0 unspecified atom stereocenters. The highest BCUT2D eigenvalue weighted by molar-refractivity contribution is 7.92. The van der Waals surface area contributed by atoms with Gasteiger partial charge in [0.15, 0.2) is 0 Å². The van der Waals surface area contributed by atoms with E-state index in [0.717, 1.165) is 0 Å². The quantitative estimate of drug-likeness (QED) is 0.627. The van der Waals surface area contributed by atoms with Crippen LogP contribution in [-0.2, 0) is 19.6 Å². The maximum atomic E-state index is 13.3. The molecule has 0 aliphatic heterocycles. The molecule has 0 heterocycles. The molecule has 174 valence electrons. The van der Waals surface area contributed by atoms with Crippen molar-refractivity contribution in [2.45, 2.75) is 45.6 Å². The molecule has 9 heteroatoms. The Balaban J connectivity index is 2.34. The molecular formula is C23H31N3O5S. The molecule has 0 aliphatic carbocycles. The van der Waals surface area contributed by atoms with Crippen molar-refractivity contribution in [2.24, 2.45) is 5.41 Å². The van der Waals surface area contributed by atoms with Crippen molar-refractivity contribution >= 4 is 33.2 Å². The van der Waals surface area contributed by atoms with Crippen LogP contribution in [0.4, 0.5) is 11.4 Å². The molecule has 0 spiro atoms. The summed E-state index contributed by atoms with van der Waals surface area (Å²) in [6.07, 6.45) is 0. The topological polar surface area (TPSA) is 105 Å². The van der Waals surface area contributed by atoms with Gasteiger partial charge in [0.05, 0.1) is 23.4 Å². The number of amides is 2. The van der Waals surface area contributed by atoms with Gasteiger partial charge in [-0.1, -0.05) is 39.0 Å². The molecule has 0 radical (unpaired) electrons. The lowest BCUT2D eigenvalue weighted by molar-refractivity contribution is -0.131. The van der Waals surface area contributed by atoms with Crippen LogP contribution in [-0.4, -0.2) is 39.9 Å². The number of hydrogen-bond donors (Lipinski definition) is 2. The first-order valence-corrected chi connectivity index (χ1v) is 11.7. The van der Waals surface area contributed by atoms with Crippen LogP contribution in [0, 0.1) is 5.41 Å². The number of carbonyl (C=O) groups excluding carboxylic acids is 2. The van der Waals surface area contributed by atoms with Crippen molar-refractivity contribution in [3.8, 4) is 5.75 Å². The highest BCUT2D eigenvalue weighted by atomic mass is 32.2. The Morgan fingerprint density at radius 3 is 2.25 bits per heavy atom. The number of para-hydroxylation sites is 1. The van der Waals surface area contributed by atoms with Crippen LogP contribution in [0.25, 0.3) is 0 Å². The third-order valence-corrected chi connectivity index (χ3v) is 6.67. The van der Waals surface area contributed by atoms with E-state index in [-0.39, 0.29) is 23.0 Å². The van der Waals surface area contributed by atoms with E-state index in [2.05, 4.69) is 10.6 Å². The molecular weight excluding hydrogens is 430 g/mol. The van der Waals surface area contributed by atoms with E-state index in [0.29, 0.717) is 11.4 Å². The molecule has 2 amide bonds. The van der Waals surface area contributed by atoms with Crippen LogP contribution in [0.2, 0.25) is 0 Å². The van der Waals surface area contributed by atoms with E-state index in [4.69, 9.17) is 4.74 Å². The predicted molar refractivity (Wildman–Crippen MR) is 125 cm³/mol. The summed E-state index contributed by atoms with van der Waals surface area (Å²) in [7, 11) is -2.47. The fraction of sp³-hybridized carbons (Fsp3) is 0.391. The van der Waals surface area contributed by atoms with Gasteiger partial charge in [-0.25, -0.2) is 8.42 Å². The van der Waals surface area contributed by atoms with Gasteiger partial charge in [0.1, 0.15) is 11.8 Å². The third-order valence-electron chi connectivity index (χ3n) is 4.77. The van der Waals surface area contributed by atoms with E-state index >= 15 is 0 Å². The minimum atomic E-state index is -3.89. The number of rotatable bonds is 8. The number of ether oxygens (including phenoxy) is 1. The zero-order chi connectivity index (χ0) is 24.1. The lowest BCUT2D eigenvalue weighted by Gasteiger charge is -2.24. The monoisotopic (exact) mass is 461 g/mol. The number of anilines is 2. The molecule has 2 N–H and O–H groups in total. The number of carbonyl (C=O) groups is 2. The van der Waals surface area contributed by atoms with Gasteiger partial charge in [0.25, 0.3) is 10.0 Å². The van der Waals surface area contributed by atoms with Crippen molar-refractivity contribution in [1.29, 1.82) is 0 Å². The van der Waals surface area contributed by atoms with Crippen LogP contribution >= 0.6 is 0 Å². The molecule has 2 aromatic carbocycles. The Hall–Kier alpha value is -3.07. The van der Waals surface area contributed by atoms with Gasteiger partial charge in [0.2, 0.25) is 11.8 Å². The number of nitrogens with zero attached hydrogens (tertiary/aromatic N) is 1. The first-order chi connectivity index (χ1) is 14.9. The zero-order valence-corrected chi connectivity index (χ0v) is 20.1. The highest BCUT2D eigenvalue weighted by Gasteiger charge is 2.27. The smallest absolute Gasteiger partial charge is 0.264 e. The second-order valence-electron chi connectivity index (χ2n) is 8.30. The normalized spacial score (nSPS) is 12.6. The van der Waals surface area contributed by atoms with Crippen molar-refractivity contribution in [2.75, 3.05) is 23.3 Å². The molecule has 0 aliphatic rings. The summed E-state index contributed by atoms with van der Waals surface area (Å²) in [5.74, 6) is -0.467. The van der Waals surface area contributed by atoms with E-state index in [1.807, 2.05) is 6.07 Å². The molecule has 0 aromatic heterocycles. The maximum Gasteiger partial charge on any atom is 0.264 e. The lowest BCUT2D eigenvalue weighted by Crippen LogP contribution is -2.46. The average Bonchev–Trinajstić information content (AvgIpc) is 2.74. The second-order valence-corrected chi connectivity index (χ2v) is 10.2. The van der Waals surface area contributed by atoms with Crippen LogP contribution < -0.4 is 19.7 Å². The first kappa shape index (κ1) is 25.2. The summed E-state index contributed by atoms with van der Waals surface area (Å²) in [5, 5.41) is 5.32. The summed E-state index contributed by atoms with van der Waals surface area (Å²) >= 11 is 0. The Morgan fingerprint density at radius 1 is 1.09 bits per heavy atom. The first-order valence-electron chi connectivity index (χ1n) is 10.3. The standard InChI is InChI=1S/C23H31N3O5S/c1-7-26(17-11-9-8-10-12-17)32(29,30)18-13-14-20(31-6)19(15-18)25-21(27)16(2)24-22(28)23(3,4)5/h8-16H,7H2,1-6H3,(H,24,28)(H,25,27)/t16-/m1/s1. The summed E-state index contributed by atoms with van der Waals surface area (Å²) in [5.41, 5.74) is 0.0795. The SMILES string of the molecule is CCN(c1ccccc1)S(=O)(=O)c1ccc(OC)c(NC(=O)[C@@H](C)NC(=O)C(C)(C)C)c1. The fourth-order valence-electron chi connectivity index (χ4n) is 2.88. The van der Waals surface area contributed by atoms with Crippen molar-refractivity contribution < 1.29 is 22.7 Å². The Kier molecular flexibility index (Phi) is 7.90. The molecule has 32 heavy (non-hydrogen) atoms. The van der Waals surface area contributed by atoms with Crippen molar-refractivity contribution in [3.05, 3.63) is 48.5 Å². The zero-order valence-electron chi connectivity index (χ0n) is 19.3. The number of hydrogen-bond acceptors (Lipinski definition) is 5. The van der Waals surface area contributed by atoms with Gasteiger partial charge in [-0.2, -0.15) is 0 Å². The van der Waals surface area contributed by atoms with Gasteiger partial charge >= 0.3 is 0 Å². The molecule has 0 bridgehead atoms. The van der Waals surface area contributed by atoms with Crippen molar-refractivity contribution in [3.63, 3.8) is 0 Å². The predicted octanol–water partition coefficient (Wildman–Crippen LogP) is 3.40. The minimum Gasteiger partial charge on any atom is -0.495 e. The van der Waals surface area contributed by atoms with Crippen LogP contribution in [0.1, 0.15) is 34.6 Å². The summed E-state index contributed by atoms with van der Waals surface area (Å²) in [6, 6.07) is 12.2. The average molecular weight is 462 g/mol. The van der Waals surface area contributed by atoms with Crippen molar-refractivity contribution in [1.82, 2.24) is 5.32 Å². The highest BCUT2D eigenvalue weighted by Crippen LogP contribution is 2.31. The van der Waals surface area contributed by atoms with Gasteiger partial charge in [-0.15, -0.1) is 0 Å². The Morgan fingerprint density at radius 2 is 1.72 bits per heavy atom. The molecule has 0 fully saturated rings. The second kappa shape index (κ2) is 10.0. The third kappa shape index (κ3) is 5.79. The Bertz CT molecular complexity index is 1060. The largest absolute Gasteiger partial charge is 0.495 e. The van der Waals surface area contributed by atoms with Gasteiger partial charge < -0.3 is 15.4 Å². The van der Waals surface area contributed by atoms with E-state index < -0.39 is 27.4 Å². The maximum absolute atomic E-state index is 13.3. The number of sulfonamides is 1. The molecule has 1 atom stereocenters. The van der Waals surface area contributed by atoms with Gasteiger partial charge in [0, 0.05) is 12.0 Å². The minimum absolute atomic E-state index is 0.00526. The molecule has 8 nitrogen and oxygen atoms in total. The van der Waals surface area contributed by atoms with Crippen LogP contribution in [0.5, 0.6) is 5.75 Å².